The monoisotopic (exact) mass is 140 g/mol. The van der Waals surface area contributed by atoms with Gasteiger partial charge in [0.1, 0.15) is 5.78 Å². The molecule has 0 saturated heterocycles. The van der Waals surface area contributed by atoms with E-state index < -0.39 is 0 Å². The van der Waals surface area contributed by atoms with E-state index in [1.54, 1.807) is 6.92 Å². The molecule has 0 unspecified atom stereocenters. The van der Waals surface area contributed by atoms with E-state index in [9.17, 15) is 4.79 Å². The lowest BCUT2D eigenvalue weighted by Gasteiger charge is -2.13. The van der Waals surface area contributed by atoms with Gasteiger partial charge in [-0.15, -0.1) is 6.58 Å². The van der Waals surface area contributed by atoms with Gasteiger partial charge in [-0.3, -0.25) is 0 Å². The Hall–Kier alpha value is -0.590. The Balaban J connectivity index is 3.71. The summed E-state index contributed by atoms with van der Waals surface area (Å²) in [6.07, 6.45) is 2.57. The van der Waals surface area contributed by atoms with Gasteiger partial charge in [0.25, 0.3) is 0 Å². The zero-order chi connectivity index (χ0) is 8.15. The molecule has 1 heteroatoms. The van der Waals surface area contributed by atoms with Gasteiger partial charge in [0, 0.05) is 6.42 Å². The fourth-order valence-corrected chi connectivity index (χ4v) is 0.872. The lowest BCUT2D eigenvalue weighted by molar-refractivity contribution is -0.118. The summed E-state index contributed by atoms with van der Waals surface area (Å²) in [5.74, 6) is 1.15. The van der Waals surface area contributed by atoms with Gasteiger partial charge < -0.3 is 4.79 Å². The number of Topliss-reactive ketones (excluding diaryl/α,β-unsaturated/α-hetero) is 1. The van der Waals surface area contributed by atoms with Gasteiger partial charge in [-0.05, 0) is 18.8 Å². The Morgan fingerprint density at radius 3 is 2.40 bits per heavy atom. The third-order valence-corrected chi connectivity index (χ3v) is 1.88. The lowest BCUT2D eigenvalue weighted by atomic mass is 9.92. The average molecular weight is 140 g/mol. The van der Waals surface area contributed by atoms with Crippen molar-refractivity contribution in [3.63, 3.8) is 0 Å². The summed E-state index contributed by atoms with van der Waals surface area (Å²) in [5, 5.41) is 0. The van der Waals surface area contributed by atoms with Crippen LogP contribution in [0.25, 0.3) is 0 Å². The summed E-state index contributed by atoms with van der Waals surface area (Å²) < 4.78 is 0. The number of ketones is 1. The summed E-state index contributed by atoms with van der Waals surface area (Å²) in [4.78, 5) is 10.6. The van der Waals surface area contributed by atoms with Gasteiger partial charge in [0.15, 0.2) is 0 Å². The normalized spacial score (nSPS) is 15.9. The molecule has 0 radical (unpaired) electrons. The van der Waals surface area contributed by atoms with E-state index in [1.807, 2.05) is 6.08 Å². The van der Waals surface area contributed by atoms with Crippen LogP contribution in [0.5, 0.6) is 0 Å². The molecule has 0 aromatic carbocycles. The van der Waals surface area contributed by atoms with Crippen molar-refractivity contribution >= 4 is 5.78 Å². The standard InChI is InChI=1S/C9H16O/c1-5-7(2)8(3)6-9(4)10/h5,7-8H,1,6H2,2-4H3/t7-,8+/m0/s1. The van der Waals surface area contributed by atoms with E-state index in [2.05, 4.69) is 20.4 Å². The lowest BCUT2D eigenvalue weighted by Crippen LogP contribution is -2.08. The Kier molecular flexibility index (Phi) is 4.01. The third kappa shape index (κ3) is 3.44. The molecule has 0 fully saturated rings. The molecular weight excluding hydrogens is 124 g/mol. The Morgan fingerprint density at radius 2 is 2.10 bits per heavy atom. The number of hydrogen-bond donors (Lipinski definition) is 0. The molecule has 0 saturated carbocycles. The van der Waals surface area contributed by atoms with Crippen LogP contribution in [0.15, 0.2) is 12.7 Å². The van der Waals surface area contributed by atoms with E-state index in [4.69, 9.17) is 0 Å². The quantitative estimate of drug-likeness (QED) is 0.548. The largest absolute Gasteiger partial charge is 0.300 e. The Labute approximate surface area is 63.1 Å². The highest BCUT2D eigenvalue weighted by atomic mass is 16.1. The van der Waals surface area contributed by atoms with Gasteiger partial charge in [-0.2, -0.15) is 0 Å². The van der Waals surface area contributed by atoms with E-state index in [-0.39, 0.29) is 5.78 Å². The van der Waals surface area contributed by atoms with Gasteiger partial charge in [0.05, 0.1) is 0 Å². The topological polar surface area (TPSA) is 17.1 Å². The van der Waals surface area contributed by atoms with Gasteiger partial charge >= 0.3 is 0 Å². The van der Waals surface area contributed by atoms with Crippen LogP contribution in [0.3, 0.4) is 0 Å². The van der Waals surface area contributed by atoms with Crippen LogP contribution in [0.2, 0.25) is 0 Å². The van der Waals surface area contributed by atoms with Crippen LogP contribution < -0.4 is 0 Å². The number of carbonyl (C=O) groups excluding carboxylic acids is 1. The summed E-state index contributed by atoms with van der Waals surface area (Å²) in [5.41, 5.74) is 0. The van der Waals surface area contributed by atoms with Gasteiger partial charge in [-0.1, -0.05) is 19.9 Å². The minimum atomic E-state index is 0.265. The molecule has 2 atom stereocenters. The molecule has 0 heterocycles. The van der Waals surface area contributed by atoms with Crippen molar-refractivity contribution in [1.29, 1.82) is 0 Å². The molecule has 0 rings (SSSR count). The molecule has 0 amide bonds. The highest BCUT2D eigenvalue weighted by Gasteiger charge is 2.09. The zero-order valence-electron chi connectivity index (χ0n) is 7.05. The number of allylic oxidation sites excluding steroid dienone is 1. The van der Waals surface area contributed by atoms with Gasteiger partial charge in [-0.25, -0.2) is 0 Å². The van der Waals surface area contributed by atoms with Crippen LogP contribution in [0.1, 0.15) is 27.2 Å². The Bertz CT molecular complexity index is 127. The Morgan fingerprint density at radius 1 is 1.60 bits per heavy atom. The molecule has 58 valence electrons. The van der Waals surface area contributed by atoms with Crippen molar-refractivity contribution in [2.24, 2.45) is 11.8 Å². The second kappa shape index (κ2) is 4.26. The zero-order valence-corrected chi connectivity index (χ0v) is 7.05. The smallest absolute Gasteiger partial charge is 0.130 e. The van der Waals surface area contributed by atoms with Crippen LogP contribution >= 0.6 is 0 Å². The molecule has 0 aliphatic carbocycles. The van der Waals surface area contributed by atoms with E-state index in [1.165, 1.54) is 0 Å². The van der Waals surface area contributed by atoms with E-state index >= 15 is 0 Å². The molecule has 10 heavy (non-hydrogen) atoms. The molecule has 0 bridgehead atoms. The van der Waals surface area contributed by atoms with Gasteiger partial charge in [0.2, 0.25) is 0 Å². The molecule has 0 N–H and O–H groups in total. The summed E-state index contributed by atoms with van der Waals surface area (Å²) in [6, 6.07) is 0. The second-order valence-corrected chi connectivity index (χ2v) is 2.98. The summed E-state index contributed by atoms with van der Waals surface area (Å²) >= 11 is 0. The molecule has 0 aromatic rings. The van der Waals surface area contributed by atoms with Crippen LogP contribution in [0, 0.1) is 11.8 Å². The SMILES string of the molecule is C=C[C@H](C)[C@H](C)CC(C)=O. The first-order valence-corrected chi connectivity index (χ1v) is 3.70. The third-order valence-electron chi connectivity index (χ3n) is 1.88. The highest BCUT2D eigenvalue weighted by Crippen LogP contribution is 2.15. The van der Waals surface area contributed by atoms with Crippen molar-refractivity contribution < 1.29 is 4.79 Å². The van der Waals surface area contributed by atoms with Crippen LogP contribution in [-0.2, 0) is 4.79 Å². The summed E-state index contributed by atoms with van der Waals surface area (Å²) in [7, 11) is 0. The van der Waals surface area contributed by atoms with E-state index in [0.717, 1.165) is 0 Å². The van der Waals surface area contributed by atoms with Crippen LogP contribution in [-0.4, -0.2) is 5.78 Å². The molecule has 0 aliphatic rings. The first kappa shape index (κ1) is 9.41. The maximum Gasteiger partial charge on any atom is 0.130 e. The fraction of sp³-hybridized carbons (Fsp3) is 0.667. The number of carbonyl (C=O) groups is 1. The molecule has 0 aromatic heterocycles. The maximum atomic E-state index is 10.6. The predicted molar refractivity (Wildman–Crippen MR) is 43.8 cm³/mol. The maximum absolute atomic E-state index is 10.6. The number of hydrogen-bond acceptors (Lipinski definition) is 1. The molecule has 0 spiro atoms. The fourth-order valence-electron chi connectivity index (χ4n) is 0.872. The predicted octanol–water partition coefficient (Wildman–Crippen LogP) is 2.42. The second-order valence-electron chi connectivity index (χ2n) is 2.98. The van der Waals surface area contributed by atoms with Crippen molar-refractivity contribution in [2.45, 2.75) is 27.2 Å². The van der Waals surface area contributed by atoms with Crippen molar-refractivity contribution in [1.82, 2.24) is 0 Å². The van der Waals surface area contributed by atoms with Crippen molar-refractivity contribution in [3.8, 4) is 0 Å². The van der Waals surface area contributed by atoms with Crippen molar-refractivity contribution in [2.75, 3.05) is 0 Å². The average Bonchev–Trinajstić information content (AvgIpc) is 1.85. The minimum absolute atomic E-state index is 0.265. The minimum Gasteiger partial charge on any atom is -0.300 e. The van der Waals surface area contributed by atoms with Crippen molar-refractivity contribution in [3.05, 3.63) is 12.7 Å². The summed E-state index contributed by atoms with van der Waals surface area (Å²) in [6.45, 7) is 9.47. The highest BCUT2D eigenvalue weighted by molar-refractivity contribution is 5.75. The first-order valence-electron chi connectivity index (χ1n) is 3.70. The van der Waals surface area contributed by atoms with E-state index in [0.29, 0.717) is 18.3 Å². The first-order chi connectivity index (χ1) is 4.57. The molecule has 0 aliphatic heterocycles. The molecule has 1 nitrogen and oxygen atoms in total. The number of rotatable bonds is 4. The molecular formula is C9H16O. The van der Waals surface area contributed by atoms with Crippen LogP contribution in [0.4, 0.5) is 0 Å².